The number of ether oxygens (including phenoxy) is 4. The molecule has 0 saturated carbocycles. The highest BCUT2D eigenvalue weighted by Gasteiger charge is 2.42. The average molecular weight is 529 g/mol. The van der Waals surface area contributed by atoms with Crippen molar-refractivity contribution in [2.45, 2.75) is 51.0 Å². The third kappa shape index (κ3) is 5.99. The summed E-state index contributed by atoms with van der Waals surface area (Å²) >= 11 is 0. The lowest BCUT2D eigenvalue weighted by Crippen LogP contribution is -2.35. The number of methoxy groups -OCH3 is 3. The van der Waals surface area contributed by atoms with Crippen molar-refractivity contribution in [2.75, 3.05) is 34.5 Å². The number of pyridine rings is 1. The highest BCUT2D eigenvalue weighted by molar-refractivity contribution is 5.89. The first-order valence-electron chi connectivity index (χ1n) is 12.6. The van der Waals surface area contributed by atoms with Crippen LogP contribution in [-0.4, -0.2) is 80.7 Å². The first kappa shape index (κ1) is 29.1. The number of amides is 2. The van der Waals surface area contributed by atoms with Crippen molar-refractivity contribution in [3.05, 3.63) is 30.0 Å². The molecule has 3 heterocycles. The Bertz CT molecular complexity index is 1170. The fraction of sp³-hybridized carbons (Fsp3) is 0.556. The quantitative estimate of drug-likeness (QED) is 0.440. The summed E-state index contributed by atoms with van der Waals surface area (Å²) in [6.45, 7) is 4.29. The smallest absolute Gasteiger partial charge is 0.249 e. The first-order valence-corrected chi connectivity index (χ1v) is 12.6. The number of fused-ring (bicyclic) bond motifs is 1. The van der Waals surface area contributed by atoms with E-state index in [4.69, 9.17) is 24.1 Å². The van der Waals surface area contributed by atoms with Gasteiger partial charge in [0.15, 0.2) is 0 Å². The Morgan fingerprint density at radius 2 is 1.61 bits per heavy atom. The van der Waals surface area contributed by atoms with Crippen molar-refractivity contribution in [2.24, 2.45) is 11.8 Å². The molecular formula is C27H36N4O7. The molecule has 2 saturated heterocycles. The van der Waals surface area contributed by atoms with Crippen molar-refractivity contribution in [1.29, 1.82) is 5.26 Å². The fourth-order valence-corrected chi connectivity index (χ4v) is 5.18. The molecule has 1 aromatic heterocycles. The molecule has 3 N–H and O–H groups in total. The predicted octanol–water partition coefficient (Wildman–Crippen LogP) is 1.55. The van der Waals surface area contributed by atoms with Gasteiger partial charge in [-0.2, -0.15) is 5.26 Å². The van der Waals surface area contributed by atoms with Crippen molar-refractivity contribution >= 4 is 22.6 Å². The zero-order valence-electron chi connectivity index (χ0n) is 22.4. The molecule has 2 fully saturated rings. The van der Waals surface area contributed by atoms with Crippen molar-refractivity contribution in [3.63, 3.8) is 0 Å². The topological polar surface area (TPSA) is 152 Å². The number of carbonyl (C=O) groups is 2. The molecule has 0 aliphatic carbocycles. The van der Waals surface area contributed by atoms with E-state index in [1.54, 1.807) is 25.4 Å². The maximum atomic E-state index is 12.0. The van der Waals surface area contributed by atoms with Gasteiger partial charge in [-0.3, -0.25) is 9.59 Å². The molecule has 1 unspecified atom stereocenters. The summed E-state index contributed by atoms with van der Waals surface area (Å²) in [6, 6.07) is 7.15. The van der Waals surface area contributed by atoms with Gasteiger partial charge < -0.3 is 34.7 Å². The van der Waals surface area contributed by atoms with Crippen LogP contribution in [0, 0.1) is 23.2 Å². The maximum Gasteiger partial charge on any atom is 0.249 e. The average Bonchev–Trinajstić information content (AvgIpc) is 3.44. The van der Waals surface area contributed by atoms with E-state index in [0.29, 0.717) is 23.8 Å². The molecule has 0 spiro atoms. The van der Waals surface area contributed by atoms with E-state index in [0.717, 1.165) is 23.6 Å². The normalized spacial score (nSPS) is 26.2. The molecule has 206 valence electrons. The summed E-state index contributed by atoms with van der Waals surface area (Å²) in [5, 5.41) is 25.4. The summed E-state index contributed by atoms with van der Waals surface area (Å²) < 4.78 is 21.5. The third-order valence-corrected chi connectivity index (χ3v) is 7.20. The van der Waals surface area contributed by atoms with E-state index < -0.39 is 6.10 Å². The van der Waals surface area contributed by atoms with Gasteiger partial charge in [-0.25, -0.2) is 4.98 Å². The third-order valence-electron chi connectivity index (χ3n) is 7.20. The van der Waals surface area contributed by atoms with Gasteiger partial charge in [0, 0.05) is 37.6 Å². The van der Waals surface area contributed by atoms with E-state index in [2.05, 4.69) is 21.7 Å². The molecule has 11 heteroatoms. The van der Waals surface area contributed by atoms with E-state index in [1.807, 2.05) is 19.9 Å². The van der Waals surface area contributed by atoms with Crippen LogP contribution >= 0.6 is 0 Å². The van der Waals surface area contributed by atoms with Gasteiger partial charge in [0.05, 0.1) is 31.4 Å². The minimum absolute atomic E-state index is 0.00981. The molecule has 2 aliphatic rings. The Hall–Kier alpha value is -3.46. The molecule has 2 aromatic rings. The number of aromatic nitrogens is 1. The standard InChI is InChI=1S/C19H21N3O4.C8H15NO3/c1-4-13-15(22-18(23)17(13)25-3)10-26-19-14-8-16(24-2)12(9-20)7-11(14)5-6-21-19;1-3-5-6(4-10)9-8(11)7(5)12-2/h5-8,13,15,17H,4,10H2,1-3H3,(H,22,23);5-7,10H,3-4H2,1-2H3,(H,9,11)/t13-,15?,17+;5-,6+,7+/m00/s1. The molecule has 6 atom stereocenters. The Labute approximate surface area is 222 Å². The molecule has 2 amide bonds. The maximum absolute atomic E-state index is 12.0. The largest absolute Gasteiger partial charge is 0.495 e. The lowest BCUT2D eigenvalue weighted by atomic mass is 9.96. The lowest BCUT2D eigenvalue weighted by Gasteiger charge is -2.20. The SMILES string of the molecule is CC[C@H]1C(COc2nccc3cc(C#N)c(OC)cc23)NC(=O)[C@@H]1OC.CC[C@H]1[C@@H](CO)NC(=O)[C@@H]1OC. The van der Waals surface area contributed by atoms with E-state index in [9.17, 15) is 14.9 Å². The number of carbonyl (C=O) groups excluding carboxylic acids is 2. The molecule has 4 rings (SSSR count). The molecule has 1 aromatic carbocycles. The van der Waals surface area contributed by atoms with Crippen LogP contribution in [0.1, 0.15) is 32.3 Å². The van der Waals surface area contributed by atoms with Gasteiger partial charge in [0.1, 0.15) is 30.6 Å². The van der Waals surface area contributed by atoms with Crippen LogP contribution in [0.15, 0.2) is 24.4 Å². The number of rotatable bonds is 9. The van der Waals surface area contributed by atoms with Crippen molar-refractivity contribution < 1.29 is 33.6 Å². The first-order chi connectivity index (χ1) is 18.4. The highest BCUT2D eigenvalue weighted by atomic mass is 16.5. The Kier molecular flexibility index (Phi) is 10.2. The van der Waals surface area contributed by atoms with Gasteiger partial charge >= 0.3 is 0 Å². The van der Waals surface area contributed by atoms with E-state index in [1.165, 1.54) is 14.2 Å². The van der Waals surface area contributed by atoms with Crippen LogP contribution in [-0.2, 0) is 19.1 Å². The number of hydrogen-bond donors (Lipinski definition) is 3. The minimum Gasteiger partial charge on any atom is -0.495 e. The lowest BCUT2D eigenvalue weighted by molar-refractivity contribution is -0.129. The zero-order valence-corrected chi connectivity index (χ0v) is 22.4. The molecular weight excluding hydrogens is 492 g/mol. The molecule has 0 bridgehead atoms. The van der Waals surface area contributed by atoms with Crippen LogP contribution in [0.2, 0.25) is 0 Å². The summed E-state index contributed by atoms with van der Waals surface area (Å²) in [5.41, 5.74) is 0.453. The second-order valence-electron chi connectivity index (χ2n) is 9.18. The number of nitriles is 1. The highest BCUT2D eigenvalue weighted by Crippen LogP contribution is 2.31. The number of aliphatic hydroxyl groups is 1. The summed E-state index contributed by atoms with van der Waals surface area (Å²) in [6.07, 6.45) is 2.43. The second kappa shape index (κ2) is 13.4. The number of nitrogens with zero attached hydrogens (tertiary/aromatic N) is 2. The second-order valence-corrected chi connectivity index (χ2v) is 9.18. The molecule has 38 heavy (non-hydrogen) atoms. The fourth-order valence-electron chi connectivity index (χ4n) is 5.18. The van der Waals surface area contributed by atoms with Gasteiger partial charge in [0.25, 0.3) is 0 Å². The number of nitrogens with one attached hydrogen (secondary N) is 2. The van der Waals surface area contributed by atoms with Gasteiger partial charge in [-0.05, 0) is 36.4 Å². The summed E-state index contributed by atoms with van der Waals surface area (Å²) in [7, 11) is 4.58. The van der Waals surface area contributed by atoms with Crippen LogP contribution in [0.5, 0.6) is 11.6 Å². The number of benzene rings is 1. The van der Waals surface area contributed by atoms with Gasteiger partial charge in [-0.1, -0.05) is 13.8 Å². The minimum atomic E-state index is -0.452. The zero-order chi connectivity index (χ0) is 27.8. The molecule has 2 aliphatic heterocycles. The van der Waals surface area contributed by atoms with Crippen LogP contribution in [0.3, 0.4) is 0 Å². The van der Waals surface area contributed by atoms with Gasteiger partial charge in [-0.15, -0.1) is 0 Å². The van der Waals surface area contributed by atoms with Crippen molar-refractivity contribution in [3.8, 4) is 17.7 Å². The Morgan fingerprint density at radius 3 is 2.13 bits per heavy atom. The van der Waals surface area contributed by atoms with Crippen LogP contribution < -0.4 is 20.1 Å². The Balaban J connectivity index is 0.000000279. The van der Waals surface area contributed by atoms with Gasteiger partial charge in [0.2, 0.25) is 17.7 Å². The van der Waals surface area contributed by atoms with Crippen molar-refractivity contribution in [1.82, 2.24) is 15.6 Å². The molecule has 11 nitrogen and oxygen atoms in total. The molecule has 0 radical (unpaired) electrons. The summed E-state index contributed by atoms with van der Waals surface area (Å²) in [5.74, 6) is 0.838. The van der Waals surface area contributed by atoms with Crippen LogP contribution in [0.4, 0.5) is 0 Å². The predicted molar refractivity (Wildman–Crippen MR) is 139 cm³/mol. The summed E-state index contributed by atoms with van der Waals surface area (Å²) in [4.78, 5) is 27.5. The monoisotopic (exact) mass is 528 g/mol. The van der Waals surface area contributed by atoms with Crippen LogP contribution in [0.25, 0.3) is 10.8 Å². The van der Waals surface area contributed by atoms with E-state index in [-0.39, 0.29) is 48.4 Å². The van der Waals surface area contributed by atoms with E-state index >= 15 is 0 Å². The Morgan fingerprint density at radius 1 is 1.00 bits per heavy atom. The number of hydrogen-bond acceptors (Lipinski definition) is 9. The number of aliphatic hydroxyl groups excluding tert-OH is 1.